The molecule has 0 bridgehead atoms. The van der Waals surface area contributed by atoms with Gasteiger partial charge < -0.3 is 8.98 Å². The Labute approximate surface area is 192 Å². The van der Waals surface area contributed by atoms with Crippen LogP contribution in [-0.4, -0.2) is 20.4 Å². The molecule has 3 aromatic carbocycles. The van der Waals surface area contributed by atoms with Gasteiger partial charge >= 0.3 is 0 Å². The zero-order valence-corrected chi connectivity index (χ0v) is 17.8. The third-order valence-corrected chi connectivity index (χ3v) is 5.60. The number of hydrogen-bond acceptors (Lipinski definition) is 4. The maximum Gasteiger partial charge on any atom is 0.282 e. The molecule has 3 heterocycles. The van der Waals surface area contributed by atoms with Crippen molar-refractivity contribution in [2.75, 3.05) is 0 Å². The Morgan fingerprint density at radius 1 is 0.912 bits per heavy atom. The molecule has 7 heteroatoms. The fourth-order valence-electron chi connectivity index (χ4n) is 3.97. The molecule has 0 atom stereocenters. The third kappa shape index (κ3) is 3.31. The molecule has 164 valence electrons. The highest BCUT2D eigenvalue weighted by atomic mass is 19.1. The minimum Gasteiger partial charge on any atom is -0.453 e. The predicted molar refractivity (Wildman–Crippen MR) is 130 cm³/mol. The van der Waals surface area contributed by atoms with E-state index < -0.39 is 0 Å². The molecular formula is C27H17FN4O2. The van der Waals surface area contributed by atoms with Gasteiger partial charge in [-0.3, -0.25) is 4.79 Å². The topological polar surface area (TPSA) is 65.3 Å². The fraction of sp³-hybridized carbons (Fsp3) is 0. The lowest BCUT2D eigenvalue weighted by molar-refractivity contribution is 0.615. The van der Waals surface area contributed by atoms with Gasteiger partial charge in [-0.15, -0.1) is 0 Å². The minimum absolute atomic E-state index is 0.278. The first-order valence-electron chi connectivity index (χ1n) is 10.7. The highest BCUT2D eigenvalue weighted by Gasteiger charge is 2.16. The van der Waals surface area contributed by atoms with Crippen molar-refractivity contribution < 1.29 is 8.81 Å². The summed E-state index contributed by atoms with van der Waals surface area (Å²) in [7, 11) is 0. The molecule has 0 saturated carbocycles. The average Bonchev–Trinajstić information content (AvgIpc) is 3.51. The summed E-state index contributed by atoms with van der Waals surface area (Å²) in [5.74, 6) is 0.340. The van der Waals surface area contributed by atoms with Gasteiger partial charge in [0.2, 0.25) is 5.82 Å². The van der Waals surface area contributed by atoms with Crippen LogP contribution >= 0.6 is 0 Å². The van der Waals surface area contributed by atoms with Gasteiger partial charge in [0.15, 0.2) is 5.76 Å². The van der Waals surface area contributed by atoms with E-state index in [1.807, 2.05) is 36.4 Å². The van der Waals surface area contributed by atoms with Crippen LogP contribution < -0.4 is 5.56 Å². The monoisotopic (exact) mass is 448 g/mol. The summed E-state index contributed by atoms with van der Waals surface area (Å²) in [5.41, 5.74) is 1.88. The van der Waals surface area contributed by atoms with Crippen molar-refractivity contribution in [1.29, 1.82) is 0 Å². The average molecular weight is 448 g/mol. The molecule has 6 aromatic rings. The first kappa shape index (κ1) is 19.9. The highest BCUT2D eigenvalue weighted by molar-refractivity contribution is 5.84. The number of benzene rings is 3. The first-order chi connectivity index (χ1) is 16.7. The van der Waals surface area contributed by atoms with Gasteiger partial charge in [-0.25, -0.2) is 9.37 Å². The van der Waals surface area contributed by atoms with Crippen LogP contribution in [0.5, 0.6) is 0 Å². The molecule has 3 aromatic heterocycles. The van der Waals surface area contributed by atoms with E-state index in [9.17, 15) is 9.18 Å². The first-order valence-corrected chi connectivity index (χ1v) is 10.7. The summed E-state index contributed by atoms with van der Waals surface area (Å²) in [4.78, 5) is 18.1. The van der Waals surface area contributed by atoms with E-state index in [1.165, 1.54) is 17.0 Å². The molecule has 0 aliphatic carbocycles. The third-order valence-electron chi connectivity index (χ3n) is 5.60. The zero-order valence-electron chi connectivity index (χ0n) is 17.8. The second-order valence-electron chi connectivity index (χ2n) is 7.72. The Hall–Kier alpha value is -4.78. The summed E-state index contributed by atoms with van der Waals surface area (Å²) in [6.45, 7) is 0. The molecule has 0 fully saturated rings. The quantitative estimate of drug-likeness (QED) is 0.329. The van der Waals surface area contributed by atoms with Crippen LogP contribution in [0.4, 0.5) is 4.39 Å². The molecule has 0 amide bonds. The maximum atomic E-state index is 14.4. The molecule has 0 radical (unpaired) electrons. The number of furan rings is 1. The van der Waals surface area contributed by atoms with E-state index >= 15 is 0 Å². The summed E-state index contributed by atoms with van der Waals surface area (Å²) >= 11 is 0. The summed E-state index contributed by atoms with van der Waals surface area (Å²) in [5, 5.41) is 5.80. The zero-order chi connectivity index (χ0) is 23.1. The van der Waals surface area contributed by atoms with Crippen molar-refractivity contribution in [1.82, 2.24) is 14.2 Å². The molecule has 34 heavy (non-hydrogen) atoms. The number of halogens is 1. The van der Waals surface area contributed by atoms with Crippen LogP contribution in [0.3, 0.4) is 0 Å². The summed E-state index contributed by atoms with van der Waals surface area (Å²) in [6, 6.07) is 26.5. The molecule has 0 N–H and O–H groups in total. The number of fused-ring (bicyclic) bond motifs is 2. The van der Waals surface area contributed by atoms with Gasteiger partial charge in [0.1, 0.15) is 11.4 Å². The second-order valence-corrected chi connectivity index (χ2v) is 7.72. The van der Waals surface area contributed by atoms with Crippen LogP contribution in [0.1, 0.15) is 5.69 Å². The Morgan fingerprint density at radius 2 is 1.71 bits per heavy atom. The van der Waals surface area contributed by atoms with E-state index in [-0.39, 0.29) is 17.2 Å². The molecule has 0 aliphatic heterocycles. The molecule has 0 aliphatic rings. The molecule has 6 rings (SSSR count). The van der Waals surface area contributed by atoms with Gasteiger partial charge in [0.25, 0.3) is 5.56 Å². The van der Waals surface area contributed by atoms with Gasteiger partial charge in [0.05, 0.1) is 28.5 Å². The number of rotatable bonds is 4. The summed E-state index contributed by atoms with van der Waals surface area (Å²) < 4.78 is 23.3. The maximum absolute atomic E-state index is 14.4. The van der Waals surface area contributed by atoms with Crippen molar-refractivity contribution >= 4 is 28.1 Å². The molecule has 0 saturated heterocycles. The van der Waals surface area contributed by atoms with Gasteiger partial charge in [-0.05, 0) is 48.5 Å². The van der Waals surface area contributed by atoms with Crippen LogP contribution in [0.15, 0.2) is 112 Å². The van der Waals surface area contributed by atoms with Gasteiger partial charge in [-0.1, -0.05) is 42.5 Å². The van der Waals surface area contributed by atoms with Crippen molar-refractivity contribution in [2.24, 2.45) is 5.10 Å². The van der Waals surface area contributed by atoms with E-state index in [2.05, 4.69) is 10.1 Å². The van der Waals surface area contributed by atoms with E-state index in [0.29, 0.717) is 33.6 Å². The molecule has 0 spiro atoms. The highest BCUT2D eigenvalue weighted by Crippen LogP contribution is 2.27. The normalized spacial score (nSPS) is 11.7. The predicted octanol–water partition coefficient (Wildman–Crippen LogP) is 5.62. The van der Waals surface area contributed by atoms with Gasteiger partial charge in [0, 0.05) is 11.6 Å². The molecular weight excluding hydrogens is 431 g/mol. The summed E-state index contributed by atoms with van der Waals surface area (Å²) in [6.07, 6.45) is 3.25. The van der Waals surface area contributed by atoms with E-state index in [4.69, 9.17) is 4.42 Å². The SMILES string of the molecule is O=c1c2ccccc2nc(-c2cc3ccccc3o2)n1N=Cc1cccn1-c1ccccc1F. The molecule has 0 unspecified atom stereocenters. The van der Waals surface area contributed by atoms with Gasteiger partial charge in [-0.2, -0.15) is 9.78 Å². The van der Waals surface area contributed by atoms with E-state index in [0.717, 1.165) is 5.39 Å². The largest absolute Gasteiger partial charge is 0.453 e. The van der Waals surface area contributed by atoms with Crippen LogP contribution in [0.2, 0.25) is 0 Å². The Morgan fingerprint density at radius 3 is 2.59 bits per heavy atom. The standard InChI is InChI=1S/C27H17FN4O2/c28-21-11-3-5-13-23(21)31-15-7-9-19(31)17-29-32-26(25-16-18-8-1-6-14-24(18)34-25)30-22-12-4-2-10-20(22)27(32)33/h1-17H. The Balaban J connectivity index is 1.54. The number of aromatic nitrogens is 3. The minimum atomic E-state index is -0.360. The van der Waals surface area contributed by atoms with Crippen LogP contribution in [-0.2, 0) is 0 Å². The lowest BCUT2D eigenvalue weighted by atomic mass is 10.2. The number of para-hydroxylation sites is 3. The van der Waals surface area contributed by atoms with Crippen molar-refractivity contribution in [2.45, 2.75) is 0 Å². The fourth-order valence-corrected chi connectivity index (χ4v) is 3.97. The smallest absolute Gasteiger partial charge is 0.282 e. The van der Waals surface area contributed by atoms with Crippen LogP contribution in [0.25, 0.3) is 39.1 Å². The number of hydrogen-bond donors (Lipinski definition) is 0. The lowest BCUT2D eigenvalue weighted by Gasteiger charge is -2.09. The lowest BCUT2D eigenvalue weighted by Crippen LogP contribution is -2.20. The van der Waals surface area contributed by atoms with Crippen LogP contribution in [0, 0.1) is 5.82 Å². The number of nitrogens with zero attached hydrogens (tertiary/aromatic N) is 4. The van der Waals surface area contributed by atoms with E-state index in [1.54, 1.807) is 59.3 Å². The van der Waals surface area contributed by atoms with Crippen molar-refractivity contribution in [3.63, 3.8) is 0 Å². The molecule has 6 nitrogen and oxygen atoms in total. The van der Waals surface area contributed by atoms with Crippen molar-refractivity contribution in [3.05, 3.63) is 119 Å². The Kier molecular flexibility index (Phi) is 4.66. The Bertz CT molecular complexity index is 1730. The van der Waals surface area contributed by atoms with Crippen molar-refractivity contribution in [3.8, 4) is 17.3 Å². The second kappa shape index (κ2) is 7.97.